The van der Waals surface area contributed by atoms with E-state index < -0.39 is 16.4 Å². The van der Waals surface area contributed by atoms with Crippen molar-refractivity contribution in [2.45, 2.75) is 0 Å². The predicted molar refractivity (Wildman–Crippen MR) is 53.9 cm³/mol. The second-order valence-corrected chi connectivity index (χ2v) is 2.73. The van der Waals surface area contributed by atoms with Gasteiger partial charge in [-0.05, 0) is 13.1 Å². The quantitative estimate of drug-likeness (QED) is 0.453. The maximum Gasteiger partial charge on any atom is 0.306 e. The van der Waals surface area contributed by atoms with E-state index in [1.54, 1.807) is 7.05 Å². The molecule has 1 aromatic carbocycles. The topological polar surface area (TPSA) is 55.2 Å². The molecule has 1 rings (SSSR count). The van der Waals surface area contributed by atoms with Gasteiger partial charge < -0.3 is 5.32 Å². The van der Waals surface area contributed by atoms with Gasteiger partial charge in [-0.1, -0.05) is 17.9 Å². The third-order valence-corrected chi connectivity index (χ3v) is 1.66. The van der Waals surface area contributed by atoms with Gasteiger partial charge in [0, 0.05) is 6.07 Å². The maximum atomic E-state index is 13.4. The van der Waals surface area contributed by atoms with Gasteiger partial charge in [-0.2, -0.15) is 4.39 Å². The second-order valence-electron chi connectivity index (χ2n) is 2.73. The summed E-state index contributed by atoms with van der Waals surface area (Å²) < 4.78 is 13.4. The number of rotatable bonds is 2. The summed E-state index contributed by atoms with van der Waals surface area (Å²) in [6.45, 7) is 0.405. The van der Waals surface area contributed by atoms with Gasteiger partial charge in [-0.15, -0.1) is 0 Å². The van der Waals surface area contributed by atoms with Gasteiger partial charge in [-0.3, -0.25) is 10.1 Å². The molecule has 0 aliphatic carbocycles. The molecule has 78 valence electrons. The van der Waals surface area contributed by atoms with Crippen LogP contribution in [0.15, 0.2) is 18.2 Å². The molecule has 0 aromatic heterocycles. The van der Waals surface area contributed by atoms with Gasteiger partial charge in [0.05, 0.1) is 17.0 Å². The van der Waals surface area contributed by atoms with E-state index in [1.165, 1.54) is 12.1 Å². The molecule has 15 heavy (non-hydrogen) atoms. The second kappa shape index (κ2) is 5.08. The van der Waals surface area contributed by atoms with Crippen molar-refractivity contribution < 1.29 is 9.31 Å². The Bertz CT molecular complexity index is 435. The lowest BCUT2D eigenvalue weighted by Gasteiger charge is -1.95. The number of nitro benzene ring substituents is 1. The molecule has 0 aliphatic heterocycles. The lowest BCUT2D eigenvalue weighted by atomic mass is 10.2. The Labute approximate surface area is 86.3 Å². The third kappa shape index (κ3) is 2.76. The maximum absolute atomic E-state index is 13.4. The molecule has 0 saturated heterocycles. The Morgan fingerprint density at radius 3 is 2.93 bits per heavy atom. The van der Waals surface area contributed by atoms with E-state index in [-0.39, 0.29) is 5.56 Å². The molecule has 0 atom stereocenters. The average molecular weight is 208 g/mol. The molecule has 1 aromatic rings. The Morgan fingerprint density at radius 2 is 2.33 bits per heavy atom. The van der Waals surface area contributed by atoms with Crippen molar-refractivity contribution in [3.05, 3.63) is 39.7 Å². The fourth-order valence-corrected chi connectivity index (χ4v) is 0.985. The molecule has 4 nitrogen and oxygen atoms in total. The number of benzene rings is 1. The first-order valence-electron chi connectivity index (χ1n) is 4.23. The Morgan fingerprint density at radius 1 is 1.60 bits per heavy atom. The first-order valence-corrected chi connectivity index (χ1v) is 4.23. The summed E-state index contributed by atoms with van der Waals surface area (Å²) in [7, 11) is 1.71. The smallest absolute Gasteiger partial charge is 0.306 e. The van der Waals surface area contributed by atoms with E-state index in [9.17, 15) is 14.5 Å². The fraction of sp³-hybridized carbons (Fsp3) is 0.200. The molecule has 5 heteroatoms. The van der Waals surface area contributed by atoms with Gasteiger partial charge in [0.2, 0.25) is 5.82 Å². The highest BCUT2D eigenvalue weighted by Crippen LogP contribution is 2.19. The van der Waals surface area contributed by atoms with Crippen molar-refractivity contribution in [1.82, 2.24) is 5.32 Å². The Kier molecular flexibility index (Phi) is 3.77. The molecule has 0 spiro atoms. The first-order chi connectivity index (χ1) is 7.16. The summed E-state index contributed by atoms with van der Waals surface area (Å²) in [6.07, 6.45) is 0. The van der Waals surface area contributed by atoms with Crippen molar-refractivity contribution in [1.29, 1.82) is 0 Å². The van der Waals surface area contributed by atoms with E-state index >= 15 is 0 Å². The molecule has 0 radical (unpaired) electrons. The monoisotopic (exact) mass is 208 g/mol. The van der Waals surface area contributed by atoms with Gasteiger partial charge in [-0.25, -0.2) is 0 Å². The molecule has 0 unspecified atom stereocenters. The summed E-state index contributed by atoms with van der Waals surface area (Å²) in [4.78, 5) is 9.64. The van der Waals surface area contributed by atoms with Gasteiger partial charge in [0.25, 0.3) is 0 Å². The highest BCUT2D eigenvalue weighted by molar-refractivity contribution is 5.45. The standard InChI is InChI=1S/C10H9FN2O2/c1-12-7-3-5-8-4-2-6-9(10(8)11)13(14)15/h2,4,6,12H,7H2,1H3. The summed E-state index contributed by atoms with van der Waals surface area (Å²) in [5.41, 5.74) is -0.509. The van der Waals surface area contributed by atoms with E-state index in [1.807, 2.05) is 0 Å². The normalized spacial score (nSPS) is 9.20. The van der Waals surface area contributed by atoms with Crippen LogP contribution in [0.5, 0.6) is 0 Å². The Balaban J connectivity index is 3.06. The van der Waals surface area contributed by atoms with Crippen LogP contribution in [0.3, 0.4) is 0 Å². The van der Waals surface area contributed by atoms with Crippen LogP contribution in [0.25, 0.3) is 0 Å². The minimum atomic E-state index is -0.883. The summed E-state index contributed by atoms with van der Waals surface area (Å²) >= 11 is 0. The van der Waals surface area contributed by atoms with Crippen molar-refractivity contribution in [2.75, 3.05) is 13.6 Å². The minimum Gasteiger partial charge on any atom is -0.309 e. The lowest BCUT2D eigenvalue weighted by Crippen LogP contribution is -2.04. The zero-order valence-corrected chi connectivity index (χ0v) is 8.08. The zero-order chi connectivity index (χ0) is 11.3. The molecular formula is C10H9FN2O2. The predicted octanol–water partition coefficient (Wildman–Crippen LogP) is 1.30. The molecule has 0 fully saturated rings. The van der Waals surface area contributed by atoms with Crippen LogP contribution in [-0.4, -0.2) is 18.5 Å². The van der Waals surface area contributed by atoms with E-state index in [0.29, 0.717) is 6.54 Å². The van der Waals surface area contributed by atoms with E-state index in [2.05, 4.69) is 17.2 Å². The molecule has 0 saturated carbocycles. The highest BCUT2D eigenvalue weighted by atomic mass is 19.1. The fourth-order valence-electron chi connectivity index (χ4n) is 0.985. The molecule has 0 heterocycles. The number of hydrogen-bond acceptors (Lipinski definition) is 3. The van der Waals surface area contributed by atoms with Crippen molar-refractivity contribution in [2.24, 2.45) is 0 Å². The largest absolute Gasteiger partial charge is 0.309 e. The minimum absolute atomic E-state index is 0.0412. The van der Waals surface area contributed by atoms with Crippen molar-refractivity contribution in [3.63, 3.8) is 0 Å². The number of hydrogen-bond donors (Lipinski definition) is 1. The number of halogens is 1. The summed E-state index contributed by atoms with van der Waals surface area (Å²) in [5, 5.41) is 13.2. The SMILES string of the molecule is CNCC#Cc1cccc([N+](=O)[O-])c1F. The third-order valence-electron chi connectivity index (χ3n) is 1.66. The molecular weight excluding hydrogens is 199 g/mol. The van der Waals surface area contributed by atoms with Crippen molar-refractivity contribution >= 4 is 5.69 Å². The molecule has 1 N–H and O–H groups in total. The van der Waals surface area contributed by atoms with Gasteiger partial charge in [0.15, 0.2) is 0 Å². The van der Waals surface area contributed by atoms with Crippen molar-refractivity contribution in [3.8, 4) is 11.8 Å². The van der Waals surface area contributed by atoms with Crippen LogP contribution in [-0.2, 0) is 0 Å². The van der Waals surface area contributed by atoms with Gasteiger partial charge in [0.1, 0.15) is 0 Å². The average Bonchev–Trinajstić information content (AvgIpc) is 2.20. The number of nitro groups is 1. The van der Waals surface area contributed by atoms with Crippen LogP contribution in [0.4, 0.5) is 10.1 Å². The summed E-state index contributed by atoms with van der Waals surface area (Å²) in [5.74, 6) is 4.27. The van der Waals surface area contributed by atoms with Crippen LogP contribution >= 0.6 is 0 Å². The van der Waals surface area contributed by atoms with Gasteiger partial charge >= 0.3 is 5.69 Å². The number of nitrogens with zero attached hydrogens (tertiary/aromatic N) is 1. The zero-order valence-electron chi connectivity index (χ0n) is 8.08. The van der Waals surface area contributed by atoms with Crippen LogP contribution in [0, 0.1) is 27.8 Å². The van der Waals surface area contributed by atoms with E-state index in [0.717, 1.165) is 6.07 Å². The highest BCUT2D eigenvalue weighted by Gasteiger charge is 2.15. The van der Waals surface area contributed by atoms with Crippen LogP contribution < -0.4 is 5.32 Å². The number of nitrogens with one attached hydrogen (secondary N) is 1. The molecule has 0 bridgehead atoms. The van der Waals surface area contributed by atoms with Crippen LogP contribution in [0.2, 0.25) is 0 Å². The van der Waals surface area contributed by atoms with Crippen LogP contribution in [0.1, 0.15) is 5.56 Å². The van der Waals surface area contributed by atoms with E-state index in [4.69, 9.17) is 0 Å². The Hall–Kier alpha value is -1.93. The molecule has 0 aliphatic rings. The lowest BCUT2D eigenvalue weighted by molar-refractivity contribution is -0.387. The summed E-state index contributed by atoms with van der Waals surface area (Å²) in [6, 6.07) is 3.92. The first kappa shape index (κ1) is 11.1. The molecule has 0 amide bonds.